The first-order chi connectivity index (χ1) is 7.88. The Balaban J connectivity index is 1.99. The Kier molecular flexibility index (Phi) is 2.12. The fourth-order valence-corrected chi connectivity index (χ4v) is 1.88. The number of aliphatic hydroxyl groups is 1. The second-order valence-electron chi connectivity index (χ2n) is 3.71. The van der Waals surface area contributed by atoms with Crippen LogP contribution in [-0.2, 0) is 6.61 Å². The minimum absolute atomic E-state index is 0.0171. The summed E-state index contributed by atoms with van der Waals surface area (Å²) in [6.45, 7) is -0.0385. The van der Waals surface area contributed by atoms with Crippen LogP contribution in [0.25, 0.3) is 0 Å². The van der Waals surface area contributed by atoms with E-state index in [1.807, 2.05) is 41.1 Å². The maximum Gasteiger partial charge on any atom is 0.146 e. The summed E-state index contributed by atoms with van der Waals surface area (Å²) in [6, 6.07) is 11.9. The van der Waals surface area contributed by atoms with E-state index in [0.717, 1.165) is 11.4 Å². The van der Waals surface area contributed by atoms with Crippen molar-refractivity contribution >= 4 is 5.82 Å². The highest BCUT2D eigenvalue weighted by molar-refractivity contribution is 5.41. The monoisotopic (exact) mass is 216 g/mol. The molecule has 1 aliphatic rings. The highest BCUT2D eigenvalue weighted by atomic mass is 16.3. The summed E-state index contributed by atoms with van der Waals surface area (Å²) in [4.78, 5) is 0. The van der Waals surface area contributed by atoms with Crippen molar-refractivity contribution < 1.29 is 5.11 Å². The van der Waals surface area contributed by atoms with Crippen LogP contribution < -0.4 is 10.9 Å². The predicted molar refractivity (Wildman–Crippen MR) is 59.5 cm³/mol. The fraction of sp³-hybridized carbons (Fsp3) is 0.182. The smallest absolute Gasteiger partial charge is 0.146 e. The summed E-state index contributed by atoms with van der Waals surface area (Å²) in [5, 5.41) is 13.3. The normalized spacial score (nSPS) is 18.2. The van der Waals surface area contributed by atoms with Gasteiger partial charge in [-0.1, -0.05) is 30.3 Å². The molecule has 2 heterocycles. The van der Waals surface area contributed by atoms with Gasteiger partial charge in [0.25, 0.3) is 0 Å². The van der Waals surface area contributed by atoms with Crippen LogP contribution in [0, 0.1) is 0 Å². The summed E-state index contributed by atoms with van der Waals surface area (Å²) in [6.07, 6.45) is -0.0171. The molecule has 0 saturated heterocycles. The van der Waals surface area contributed by atoms with E-state index in [-0.39, 0.29) is 12.8 Å². The van der Waals surface area contributed by atoms with Crippen LogP contribution in [0.5, 0.6) is 0 Å². The van der Waals surface area contributed by atoms with Crippen LogP contribution in [0.3, 0.4) is 0 Å². The molecule has 1 aliphatic heterocycles. The minimum atomic E-state index is -0.0385. The second kappa shape index (κ2) is 3.62. The molecule has 0 bridgehead atoms. The number of nitrogens with one attached hydrogen (secondary N) is 2. The van der Waals surface area contributed by atoms with Crippen molar-refractivity contribution in [1.82, 2.24) is 15.2 Å². The van der Waals surface area contributed by atoms with Crippen LogP contribution in [0.1, 0.15) is 17.4 Å². The van der Waals surface area contributed by atoms with Crippen LogP contribution in [0.2, 0.25) is 0 Å². The van der Waals surface area contributed by atoms with Crippen LogP contribution >= 0.6 is 0 Å². The standard InChI is InChI=1S/C11H12N4O/c16-7-9-6-10-12-13-11(15(10)14-9)8-4-2-1-3-5-8/h1-6,11-13,16H,7H2. The fourth-order valence-electron chi connectivity index (χ4n) is 1.88. The highest BCUT2D eigenvalue weighted by Gasteiger charge is 2.24. The molecule has 0 radical (unpaired) electrons. The van der Waals surface area contributed by atoms with E-state index in [1.54, 1.807) is 0 Å². The van der Waals surface area contributed by atoms with Gasteiger partial charge in [0, 0.05) is 6.07 Å². The van der Waals surface area contributed by atoms with Gasteiger partial charge < -0.3 is 10.5 Å². The number of benzene rings is 1. The quantitative estimate of drug-likeness (QED) is 0.696. The summed E-state index contributed by atoms with van der Waals surface area (Å²) >= 11 is 0. The molecule has 1 atom stereocenters. The zero-order valence-corrected chi connectivity index (χ0v) is 8.59. The first kappa shape index (κ1) is 9.38. The maximum atomic E-state index is 9.03. The van der Waals surface area contributed by atoms with Crippen LogP contribution in [0.4, 0.5) is 5.82 Å². The number of hydrogen-bond acceptors (Lipinski definition) is 4. The van der Waals surface area contributed by atoms with Crippen molar-refractivity contribution in [3.8, 4) is 0 Å². The zero-order chi connectivity index (χ0) is 11.0. The molecule has 0 fully saturated rings. The number of nitrogens with zero attached hydrogens (tertiary/aromatic N) is 2. The second-order valence-corrected chi connectivity index (χ2v) is 3.71. The van der Waals surface area contributed by atoms with E-state index >= 15 is 0 Å². The largest absolute Gasteiger partial charge is 0.390 e. The number of aliphatic hydroxyl groups excluding tert-OH is 1. The van der Waals surface area contributed by atoms with Crippen molar-refractivity contribution in [2.24, 2.45) is 0 Å². The van der Waals surface area contributed by atoms with Gasteiger partial charge in [0.15, 0.2) is 0 Å². The van der Waals surface area contributed by atoms with Crippen molar-refractivity contribution in [2.45, 2.75) is 12.8 Å². The van der Waals surface area contributed by atoms with Gasteiger partial charge in [-0.2, -0.15) is 5.10 Å². The molecular formula is C11H12N4O. The van der Waals surface area contributed by atoms with Gasteiger partial charge in [-0.3, -0.25) is 0 Å². The molecular weight excluding hydrogens is 204 g/mol. The average molecular weight is 216 g/mol. The number of fused-ring (bicyclic) bond motifs is 1. The summed E-state index contributed by atoms with van der Waals surface area (Å²) in [5.74, 6) is 0.873. The molecule has 1 aromatic heterocycles. The molecule has 82 valence electrons. The Bertz CT molecular complexity index is 494. The third-order valence-electron chi connectivity index (χ3n) is 2.65. The molecule has 2 aromatic rings. The zero-order valence-electron chi connectivity index (χ0n) is 8.59. The van der Waals surface area contributed by atoms with Crippen molar-refractivity contribution in [3.05, 3.63) is 47.7 Å². The van der Waals surface area contributed by atoms with Gasteiger partial charge in [-0.25, -0.2) is 10.1 Å². The van der Waals surface area contributed by atoms with Crippen LogP contribution in [-0.4, -0.2) is 14.9 Å². The van der Waals surface area contributed by atoms with Gasteiger partial charge in [-0.05, 0) is 5.56 Å². The first-order valence-electron chi connectivity index (χ1n) is 5.14. The minimum Gasteiger partial charge on any atom is -0.390 e. The van der Waals surface area contributed by atoms with Gasteiger partial charge >= 0.3 is 0 Å². The number of aromatic nitrogens is 2. The Hall–Kier alpha value is -1.85. The average Bonchev–Trinajstić information content (AvgIpc) is 2.88. The highest BCUT2D eigenvalue weighted by Crippen LogP contribution is 2.25. The van der Waals surface area contributed by atoms with E-state index < -0.39 is 0 Å². The van der Waals surface area contributed by atoms with Crippen molar-refractivity contribution in [3.63, 3.8) is 0 Å². The molecule has 16 heavy (non-hydrogen) atoms. The van der Waals surface area contributed by atoms with Crippen molar-refractivity contribution in [1.29, 1.82) is 0 Å². The lowest BCUT2D eigenvalue weighted by Gasteiger charge is -2.11. The van der Waals surface area contributed by atoms with Gasteiger partial charge in [0.05, 0.1) is 12.3 Å². The molecule has 1 unspecified atom stereocenters. The Labute approximate surface area is 92.7 Å². The van der Waals surface area contributed by atoms with E-state index in [2.05, 4.69) is 16.0 Å². The molecule has 3 rings (SSSR count). The number of hydrazine groups is 1. The number of hydrogen-bond donors (Lipinski definition) is 3. The van der Waals surface area contributed by atoms with E-state index in [4.69, 9.17) is 5.11 Å². The SMILES string of the molecule is OCc1cc2n(n1)C(c1ccccc1)NN2. The van der Waals surface area contributed by atoms with Crippen LogP contribution in [0.15, 0.2) is 36.4 Å². The Morgan fingerprint density at radius 1 is 1.31 bits per heavy atom. The van der Waals surface area contributed by atoms with Gasteiger partial charge in [0.1, 0.15) is 12.0 Å². The topological polar surface area (TPSA) is 62.1 Å². The lowest BCUT2D eigenvalue weighted by atomic mass is 10.2. The molecule has 1 aromatic carbocycles. The first-order valence-corrected chi connectivity index (χ1v) is 5.14. The molecule has 5 heteroatoms. The lowest BCUT2D eigenvalue weighted by Crippen LogP contribution is -2.23. The third-order valence-corrected chi connectivity index (χ3v) is 2.65. The summed E-state index contributed by atoms with van der Waals surface area (Å²) < 4.78 is 1.83. The van der Waals surface area contributed by atoms with Gasteiger partial charge in [-0.15, -0.1) is 0 Å². The Morgan fingerprint density at radius 3 is 2.88 bits per heavy atom. The summed E-state index contributed by atoms with van der Waals surface area (Å²) in [5.41, 5.74) is 7.98. The lowest BCUT2D eigenvalue weighted by molar-refractivity contribution is 0.274. The van der Waals surface area contributed by atoms with Gasteiger partial charge in [0.2, 0.25) is 0 Å². The summed E-state index contributed by atoms with van der Waals surface area (Å²) in [7, 11) is 0. The van der Waals surface area contributed by atoms with Crippen molar-refractivity contribution in [2.75, 3.05) is 5.43 Å². The Morgan fingerprint density at radius 2 is 2.12 bits per heavy atom. The predicted octanol–water partition coefficient (Wildman–Crippen LogP) is 0.852. The molecule has 0 amide bonds. The van der Waals surface area contributed by atoms with E-state index in [9.17, 15) is 0 Å². The van der Waals surface area contributed by atoms with E-state index in [1.165, 1.54) is 0 Å². The maximum absolute atomic E-state index is 9.03. The third kappa shape index (κ3) is 1.37. The molecule has 5 nitrogen and oxygen atoms in total. The number of anilines is 1. The molecule has 0 spiro atoms. The molecule has 3 N–H and O–H groups in total. The molecule has 0 aliphatic carbocycles. The van der Waals surface area contributed by atoms with E-state index in [0.29, 0.717) is 5.69 Å². The number of rotatable bonds is 2. The molecule has 0 saturated carbocycles.